The van der Waals surface area contributed by atoms with E-state index in [1.165, 1.54) is 0 Å². The molecule has 0 heterocycles. The van der Waals surface area contributed by atoms with Gasteiger partial charge in [-0.05, 0) is 48.5 Å². The summed E-state index contributed by atoms with van der Waals surface area (Å²) < 4.78 is 10.7. The summed E-state index contributed by atoms with van der Waals surface area (Å²) in [7, 11) is 0. The molecule has 0 aromatic carbocycles. The van der Waals surface area contributed by atoms with E-state index in [2.05, 4.69) is 5.32 Å². The van der Waals surface area contributed by atoms with Gasteiger partial charge in [-0.1, -0.05) is 0 Å². The predicted molar refractivity (Wildman–Crippen MR) is 69.5 cm³/mol. The van der Waals surface area contributed by atoms with Crippen molar-refractivity contribution in [3.05, 3.63) is 0 Å². The van der Waals surface area contributed by atoms with E-state index in [-0.39, 0.29) is 5.60 Å². The van der Waals surface area contributed by atoms with E-state index in [1.807, 2.05) is 20.8 Å². The molecule has 1 amide bonds. The maximum atomic E-state index is 11.6. The monoisotopic (exact) mass is 259 g/mol. The van der Waals surface area contributed by atoms with Crippen LogP contribution in [0.1, 0.15) is 48.5 Å². The molecule has 5 heteroatoms. The molecule has 0 rings (SSSR count). The molecule has 0 fully saturated rings. The molecule has 0 saturated carbocycles. The van der Waals surface area contributed by atoms with Crippen LogP contribution in [-0.4, -0.2) is 35.7 Å². The Morgan fingerprint density at radius 2 is 1.61 bits per heavy atom. The predicted octanol–water partition coefficient (Wildman–Crippen LogP) is 2.28. The normalized spacial score (nSPS) is 15.7. The zero-order chi connectivity index (χ0) is 14.6. The van der Waals surface area contributed by atoms with Crippen molar-refractivity contribution >= 4 is 12.4 Å². The van der Waals surface area contributed by atoms with Gasteiger partial charge in [0.25, 0.3) is 0 Å². The molecule has 0 aromatic rings. The molecule has 0 bridgehead atoms. The van der Waals surface area contributed by atoms with Crippen LogP contribution in [-0.2, 0) is 14.3 Å². The standard InChI is InChI=1S/C13H25NO4/c1-9(17-12(2,3)4)10(8-15)14-11(16)18-13(5,6)7/h8-10H,1-7H3,(H,14,16)/t9?,10-/m1/s1. The van der Waals surface area contributed by atoms with Gasteiger partial charge in [0.2, 0.25) is 0 Å². The first-order chi connectivity index (χ1) is 7.94. The number of rotatable bonds is 4. The van der Waals surface area contributed by atoms with E-state index in [1.54, 1.807) is 27.7 Å². The third-order valence-electron chi connectivity index (χ3n) is 1.88. The third-order valence-corrected chi connectivity index (χ3v) is 1.88. The molecule has 0 aliphatic carbocycles. The largest absolute Gasteiger partial charge is 0.444 e. The number of ether oxygens (including phenoxy) is 2. The van der Waals surface area contributed by atoms with E-state index in [0.29, 0.717) is 6.29 Å². The van der Waals surface area contributed by atoms with Crippen LogP contribution in [0.4, 0.5) is 4.79 Å². The number of nitrogens with one attached hydrogen (secondary N) is 1. The molecular formula is C13H25NO4. The van der Waals surface area contributed by atoms with Crippen molar-refractivity contribution < 1.29 is 19.1 Å². The highest BCUT2D eigenvalue weighted by Crippen LogP contribution is 2.13. The van der Waals surface area contributed by atoms with Gasteiger partial charge in [-0.25, -0.2) is 4.79 Å². The highest BCUT2D eigenvalue weighted by molar-refractivity contribution is 5.73. The minimum absolute atomic E-state index is 0.379. The summed E-state index contributed by atoms with van der Waals surface area (Å²) in [5.41, 5.74) is -0.970. The molecule has 0 aliphatic rings. The first-order valence-corrected chi connectivity index (χ1v) is 6.07. The lowest BCUT2D eigenvalue weighted by molar-refractivity contribution is -0.117. The quantitative estimate of drug-likeness (QED) is 0.787. The van der Waals surface area contributed by atoms with Gasteiger partial charge in [-0.3, -0.25) is 0 Å². The second-order valence-corrected chi connectivity index (χ2v) is 6.24. The van der Waals surface area contributed by atoms with Crippen LogP contribution in [0.15, 0.2) is 0 Å². The van der Waals surface area contributed by atoms with Crippen molar-refractivity contribution in [2.24, 2.45) is 0 Å². The topological polar surface area (TPSA) is 64.6 Å². The summed E-state index contributed by atoms with van der Waals surface area (Å²) in [6.45, 7) is 12.7. The van der Waals surface area contributed by atoms with Crippen LogP contribution in [0, 0.1) is 0 Å². The van der Waals surface area contributed by atoms with Crippen molar-refractivity contribution in [3.63, 3.8) is 0 Å². The average molecular weight is 259 g/mol. The Balaban J connectivity index is 4.43. The zero-order valence-electron chi connectivity index (χ0n) is 12.4. The van der Waals surface area contributed by atoms with Crippen LogP contribution in [0.25, 0.3) is 0 Å². The van der Waals surface area contributed by atoms with Crippen LogP contribution >= 0.6 is 0 Å². The maximum absolute atomic E-state index is 11.6. The van der Waals surface area contributed by atoms with Gasteiger partial charge < -0.3 is 19.6 Å². The fourth-order valence-corrected chi connectivity index (χ4v) is 1.34. The lowest BCUT2D eigenvalue weighted by Crippen LogP contribution is -2.48. The molecule has 0 saturated heterocycles. The molecule has 0 spiro atoms. The summed E-state index contributed by atoms with van der Waals surface area (Å²) in [5.74, 6) is 0. The SMILES string of the molecule is CC(OC(C)(C)C)[C@@H](C=O)NC(=O)OC(C)(C)C. The van der Waals surface area contributed by atoms with Crippen LogP contribution in [0.5, 0.6) is 0 Å². The Kier molecular flexibility index (Phi) is 5.80. The molecule has 0 aromatic heterocycles. The van der Waals surface area contributed by atoms with Crippen LogP contribution in [0.3, 0.4) is 0 Å². The van der Waals surface area contributed by atoms with Crippen LogP contribution < -0.4 is 5.32 Å². The Labute approximate surface area is 109 Å². The number of hydrogen-bond donors (Lipinski definition) is 1. The summed E-state index contributed by atoms with van der Waals surface area (Å²) in [5, 5.41) is 2.49. The molecule has 106 valence electrons. The number of alkyl carbamates (subject to hydrolysis) is 1. The first kappa shape index (κ1) is 16.9. The molecule has 1 N–H and O–H groups in total. The first-order valence-electron chi connectivity index (χ1n) is 6.07. The van der Waals surface area contributed by atoms with E-state index >= 15 is 0 Å². The number of hydrogen-bond acceptors (Lipinski definition) is 4. The molecule has 5 nitrogen and oxygen atoms in total. The van der Waals surface area contributed by atoms with E-state index in [9.17, 15) is 9.59 Å². The van der Waals surface area contributed by atoms with Gasteiger partial charge in [0.1, 0.15) is 17.9 Å². The second-order valence-electron chi connectivity index (χ2n) is 6.24. The molecule has 0 radical (unpaired) electrons. The van der Waals surface area contributed by atoms with Gasteiger partial charge in [0.15, 0.2) is 0 Å². The molecule has 1 unspecified atom stereocenters. The van der Waals surface area contributed by atoms with Crippen molar-refractivity contribution in [2.75, 3.05) is 0 Å². The van der Waals surface area contributed by atoms with E-state index < -0.39 is 23.8 Å². The zero-order valence-corrected chi connectivity index (χ0v) is 12.4. The Morgan fingerprint density at radius 3 is 1.94 bits per heavy atom. The molecular weight excluding hydrogens is 234 g/mol. The van der Waals surface area contributed by atoms with Gasteiger partial charge in [-0.15, -0.1) is 0 Å². The Hall–Kier alpha value is -1.10. The molecule has 0 aliphatic heterocycles. The highest BCUT2D eigenvalue weighted by Gasteiger charge is 2.26. The number of amides is 1. The Bertz CT molecular complexity index is 288. The number of carbonyl (C=O) groups is 2. The van der Waals surface area contributed by atoms with Crippen molar-refractivity contribution in [1.29, 1.82) is 0 Å². The van der Waals surface area contributed by atoms with Gasteiger partial charge in [0.05, 0.1) is 11.7 Å². The third kappa shape index (κ3) is 8.06. The fourth-order valence-electron chi connectivity index (χ4n) is 1.34. The van der Waals surface area contributed by atoms with Gasteiger partial charge in [-0.2, -0.15) is 0 Å². The number of aldehydes is 1. The average Bonchev–Trinajstić information content (AvgIpc) is 2.07. The fraction of sp³-hybridized carbons (Fsp3) is 0.846. The van der Waals surface area contributed by atoms with E-state index in [0.717, 1.165) is 0 Å². The van der Waals surface area contributed by atoms with Crippen molar-refractivity contribution in [3.8, 4) is 0 Å². The lowest BCUT2D eigenvalue weighted by Gasteiger charge is -2.29. The summed E-state index contributed by atoms with van der Waals surface area (Å²) in [6, 6.07) is -0.723. The highest BCUT2D eigenvalue weighted by atomic mass is 16.6. The molecule has 2 atom stereocenters. The summed E-state index contributed by atoms with van der Waals surface area (Å²) in [4.78, 5) is 22.5. The van der Waals surface area contributed by atoms with Crippen LogP contribution in [0.2, 0.25) is 0 Å². The second kappa shape index (κ2) is 6.18. The van der Waals surface area contributed by atoms with E-state index in [4.69, 9.17) is 9.47 Å². The maximum Gasteiger partial charge on any atom is 0.408 e. The van der Waals surface area contributed by atoms with Gasteiger partial charge >= 0.3 is 6.09 Å². The van der Waals surface area contributed by atoms with Crippen molar-refractivity contribution in [2.45, 2.75) is 71.8 Å². The minimum Gasteiger partial charge on any atom is -0.444 e. The summed E-state index contributed by atoms with van der Waals surface area (Å²) >= 11 is 0. The lowest BCUT2D eigenvalue weighted by atomic mass is 10.1. The summed E-state index contributed by atoms with van der Waals surface area (Å²) in [6.07, 6.45) is -0.390. The minimum atomic E-state index is -0.723. The smallest absolute Gasteiger partial charge is 0.408 e. The van der Waals surface area contributed by atoms with Gasteiger partial charge in [0, 0.05) is 0 Å². The number of carbonyl (C=O) groups excluding carboxylic acids is 2. The molecule has 18 heavy (non-hydrogen) atoms. The Morgan fingerprint density at radius 1 is 1.11 bits per heavy atom. The van der Waals surface area contributed by atoms with Crippen molar-refractivity contribution in [1.82, 2.24) is 5.32 Å².